The van der Waals surface area contributed by atoms with Crippen LogP contribution >= 0.6 is 0 Å². The largest absolute Gasteiger partial charge is 0.324 e. The molecule has 0 fully saturated rings. The van der Waals surface area contributed by atoms with Crippen molar-refractivity contribution in [3.8, 4) is 11.8 Å². The molecule has 0 saturated heterocycles. The maximum atomic E-state index is 13.1. The molecule has 34 heavy (non-hydrogen) atoms. The van der Waals surface area contributed by atoms with Crippen molar-refractivity contribution < 1.29 is 0 Å². The van der Waals surface area contributed by atoms with Gasteiger partial charge in [0.25, 0.3) is 5.56 Å². The molecule has 0 unspecified atom stereocenters. The number of hydrogen-bond donors (Lipinski definition) is 2. The molecular weight excluding hydrogens is 428 g/mol. The summed E-state index contributed by atoms with van der Waals surface area (Å²) in [4.78, 5) is 26.6. The van der Waals surface area contributed by atoms with Gasteiger partial charge in [-0.25, -0.2) is 14.3 Å². The van der Waals surface area contributed by atoms with Crippen LogP contribution in [-0.4, -0.2) is 30.9 Å². The Morgan fingerprint density at radius 2 is 2.06 bits per heavy atom. The third kappa shape index (κ3) is 3.72. The number of fused-ring (bicyclic) bond motifs is 2. The molecule has 1 aliphatic rings. The predicted octanol–water partition coefficient (Wildman–Crippen LogP) is 3.19. The van der Waals surface area contributed by atoms with Crippen LogP contribution in [0.1, 0.15) is 37.6 Å². The molecule has 0 saturated carbocycles. The van der Waals surface area contributed by atoms with E-state index < -0.39 is 5.41 Å². The van der Waals surface area contributed by atoms with E-state index in [0.717, 1.165) is 25.2 Å². The van der Waals surface area contributed by atoms with Crippen molar-refractivity contribution in [2.45, 2.75) is 45.7 Å². The summed E-state index contributed by atoms with van der Waals surface area (Å²) >= 11 is 0. The Labute approximate surface area is 197 Å². The molecule has 3 aromatic heterocycles. The summed E-state index contributed by atoms with van der Waals surface area (Å²) in [6.07, 6.45) is 4.24. The highest BCUT2D eigenvalue weighted by Crippen LogP contribution is 2.25. The van der Waals surface area contributed by atoms with Crippen LogP contribution in [0.2, 0.25) is 0 Å². The average molecular weight is 455 g/mol. The molecular formula is C25H26N8O. The number of rotatable bonds is 5. The normalized spacial score (nSPS) is 13.5. The molecule has 4 aromatic rings. The van der Waals surface area contributed by atoms with Gasteiger partial charge in [-0.15, -0.1) is 0 Å². The fourth-order valence-corrected chi connectivity index (χ4v) is 4.27. The van der Waals surface area contributed by atoms with E-state index in [2.05, 4.69) is 38.8 Å². The number of nitriles is 1. The van der Waals surface area contributed by atoms with Crippen LogP contribution in [0.15, 0.2) is 47.5 Å². The van der Waals surface area contributed by atoms with E-state index in [4.69, 9.17) is 4.98 Å². The van der Waals surface area contributed by atoms with E-state index >= 15 is 0 Å². The Kier molecular flexibility index (Phi) is 5.38. The highest BCUT2D eigenvalue weighted by Gasteiger charge is 2.23. The lowest BCUT2D eigenvalue weighted by Crippen LogP contribution is -2.23. The number of hydrogen-bond acceptors (Lipinski definition) is 7. The van der Waals surface area contributed by atoms with Gasteiger partial charge in [0, 0.05) is 31.2 Å². The summed E-state index contributed by atoms with van der Waals surface area (Å²) in [5.74, 6) is 0.407. The minimum Gasteiger partial charge on any atom is -0.324 e. The third-order valence-corrected chi connectivity index (χ3v) is 6.23. The van der Waals surface area contributed by atoms with E-state index in [1.807, 2.05) is 39.0 Å². The fraction of sp³-hybridized carbons (Fsp3) is 0.320. The van der Waals surface area contributed by atoms with Crippen molar-refractivity contribution in [2.24, 2.45) is 0 Å². The maximum Gasteiger partial charge on any atom is 0.278 e. The van der Waals surface area contributed by atoms with Crippen LogP contribution < -0.4 is 16.2 Å². The van der Waals surface area contributed by atoms with Gasteiger partial charge in [-0.05, 0) is 69.1 Å². The number of nitrogens with one attached hydrogen (secondary N) is 2. The van der Waals surface area contributed by atoms with Gasteiger partial charge in [-0.2, -0.15) is 10.2 Å². The Hall–Kier alpha value is -4.03. The lowest BCUT2D eigenvalue weighted by Gasteiger charge is -2.18. The predicted molar refractivity (Wildman–Crippen MR) is 130 cm³/mol. The topological polar surface area (TPSA) is 113 Å². The summed E-state index contributed by atoms with van der Waals surface area (Å²) in [5.41, 5.74) is 4.41. The lowest BCUT2D eigenvalue weighted by molar-refractivity contribution is 0.572. The first-order valence-corrected chi connectivity index (χ1v) is 11.4. The molecule has 0 radical (unpaired) electrons. The molecule has 0 spiro atoms. The van der Waals surface area contributed by atoms with E-state index in [1.54, 1.807) is 21.8 Å². The summed E-state index contributed by atoms with van der Waals surface area (Å²) in [6.45, 7) is 7.83. The third-order valence-electron chi connectivity index (χ3n) is 6.23. The molecule has 9 nitrogen and oxygen atoms in total. The summed E-state index contributed by atoms with van der Waals surface area (Å²) in [7, 11) is 0. The Balaban J connectivity index is 1.61. The standard InChI is InChI=1S/C25H26N8O/c1-4-32-23(34)20-14-29-24(30-18-6-5-16-7-9-27-13-17(16)11-18)31-22(20)33(32)19-8-10-28-21(12-19)25(2,3)15-26/h5-6,8,10-12,14,27H,4,7,9,13H2,1-3H3,(H,29,30,31). The van der Waals surface area contributed by atoms with Crippen molar-refractivity contribution in [1.82, 2.24) is 29.6 Å². The smallest absolute Gasteiger partial charge is 0.278 e. The van der Waals surface area contributed by atoms with Crippen molar-refractivity contribution in [2.75, 3.05) is 11.9 Å². The summed E-state index contributed by atoms with van der Waals surface area (Å²) < 4.78 is 3.39. The second-order valence-corrected chi connectivity index (χ2v) is 8.93. The first-order valence-electron chi connectivity index (χ1n) is 11.4. The van der Waals surface area contributed by atoms with Crippen molar-refractivity contribution >= 4 is 22.7 Å². The van der Waals surface area contributed by atoms with Gasteiger partial charge in [0.2, 0.25) is 5.95 Å². The van der Waals surface area contributed by atoms with Gasteiger partial charge in [0.1, 0.15) is 5.39 Å². The number of pyridine rings is 1. The Bertz CT molecular complexity index is 1490. The number of benzene rings is 1. The molecule has 2 N–H and O–H groups in total. The summed E-state index contributed by atoms with van der Waals surface area (Å²) in [6, 6.07) is 12.2. The second kappa shape index (κ2) is 8.39. The van der Waals surface area contributed by atoms with Crippen LogP contribution in [0.3, 0.4) is 0 Å². The zero-order chi connectivity index (χ0) is 23.9. The molecule has 0 bridgehead atoms. The fourth-order valence-electron chi connectivity index (χ4n) is 4.27. The lowest BCUT2D eigenvalue weighted by atomic mass is 9.91. The molecule has 4 heterocycles. The number of anilines is 2. The highest BCUT2D eigenvalue weighted by molar-refractivity contribution is 5.77. The van der Waals surface area contributed by atoms with Gasteiger partial charge >= 0.3 is 0 Å². The van der Waals surface area contributed by atoms with Gasteiger partial charge in [0.15, 0.2) is 5.65 Å². The highest BCUT2D eigenvalue weighted by atomic mass is 16.1. The van der Waals surface area contributed by atoms with Crippen molar-refractivity contribution in [3.05, 3.63) is 69.9 Å². The molecule has 5 rings (SSSR count). The SMILES string of the molecule is CCn1c(=O)c2cnc(Nc3ccc4c(c3)CNCC4)nc2n1-c1ccnc(C(C)(C)C#N)c1. The molecule has 172 valence electrons. The zero-order valence-corrected chi connectivity index (χ0v) is 19.5. The molecule has 9 heteroatoms. The van der Waals surface area contributed by atoms with Gasteiger partial charge in [-0.1, -0.05) is 6.07 Å². The van der Waals surface area contributed by atoms with Gasteiger partial charge in [0.05, 0.1) is 22.9 Å². The van der Waals surface area contributed by atoms with Gasteiger partial charge < -0.3 is 10.6 Å². The first kappa shape index (κ1) is 21.8. The van der Waals surface area contributed by atoms with E-state index in [0.29, 0.717) is 34.9 Å². The number of nitrogens with zero attached hydrogens (tertiary/aromatic N) is 6. The monoisotopic (exact) mass is 454 g/mol. The van der Waals surface area contributed by atoms with E-state index in [1.165, 1.54) is 11.1 Å². The number of aromatic nitrogens is 5. The van der Waals surface area contributed by atoms with Crippen molar-refractivity contribution in [3.63, 3.8) is 0 Å². The molecule has 0 aliphatic carbocycles. The summed E-state index contributed by atoms with van der Waals surface area (Å²) in [5, 5.41) is 16.7. The quantitative estimate of drug-likeness (QED) is 0.476. The Morgan fingerprint density at radius 1 is 1.21 bits per heavy atom. The van der Waals surface area contributed by atoms with E-state index in [9.17, 15) is 10.1 Å². The van der Waals surface area contributed by atoms with Crippen LogP contribution in [-0.2, 0) is 24.9 Å². The van der Waals surface area contributed by atoms with Gasteiger partial charge in [-0.3, -0.25) is 9.78 Å². The minimum absolute atomic E-state index is 0.165. The second-order valence-electron chi connectivity index (χ2n) is 8.93. The Morgan fingerprint density at radius 3 is 2.85 bits per heavy atom. The maximum absolute atomic E-state index is 13.1. The first-order chi connectivity index (χ1) is 16.4. The average Bonchev–Trinajstić information content (AvgIpc) is 3.14. The molecule has 0 amide bonds. The van der Waals surface area contributed by atoms with Crippen molar-refractivity contribution in [1.29, 1.82) is 5.26 Å². The van der Waals surface area contributed by atoms with Crippen LogP contribution in [0.25, 0.3) is 16.7 Å². The minimum atomic E-state index is -0.765. The van der Waals surface area contributed by atoms with Crippen LogP contribution in [0.4, 0.5) is 11.6 Å². The van der Waals surface area contributed by atoms with E-state index in [-0.39, 0.29) is 5.56 Å². The van der Waals surface area contributed by atoms with Crippen LogP contribution in [0.5, 0.6) is 0 Å². The zero-order valence-electron chi connectivity index (χ0n) is 19.5. The molecule has 0 atom stereocenters. The molecule has 1 aromatic carbocycles. The molecule has 1 aliphatic heterocycles. The van der Waals surface area contributed by atoms with Crippen LogP contribution in [0, 0.1) is 11.3 Å².